The summed E-state index contributed by atoms with van der Waals surface area (Å²) in [4.78, 5) is 35.2. The first kappa shape index (κ1) is 42.6. The van der Waals surface area contributed by atoms with Crippen LogP contribution < -0.4 is 17.7 Å². The van der Waals surface area contributed by atoms with Crippen molar-refractivity contribution < 1.29 is 49.9 Å². The van der Waals surface area contributed by atoms with Gasteiger partial charge >= 0.3 is 12.1 Å². The Hall–Kier alpha value is -4.82. The lowest BCUT2D eigenvalue weighted by Crippen LogP contribution is -3.00. The van der Waals surface area contributed by atoms with Crippen LogP contribution in [0.4, 0.5) is 19.3 Å². The minimum absolute atomic E-state index is 0. The molecule has 1 amide bonds. The number of amides is 1. The zero-order chi connectivity index (χ0) is 36.8. The molecular formula is C36H37Cl2F2N7O5S. The number of benzene rings is 3. The van der Waals surface area contributed by atoms with Crippen molar-refractivity contribution in [2.24, 2.45) is 10.1 Å². The number of esters is 1. The smallest absolute Gasteiger partial charge is 0.411 e. The van der Waals surface area contributed by atoms with Crippen molar-refractivity contribution in [3.8, 4) is 17.3 Å². The van der Waals surface area contributed by atoms with Crippen molar-refractivity contribution in [2.45, 2.75) is 31.6 Å². The molecule has 53 heavy (non-hydrogen) atoms. The molecule has 0 fully saturated rings. The standard InChI is InChI=1S/C36H35F2N7O5S.2ClH/c1-23(33-42-32(19-51-33)26-11-9-25(18-39)10-12-26)36(48,29-17-27(37)13-14-30(29)38)20-45(22-40-21-41-45)15-16-49-35(47)43-31-8-6-5-7-28(31)34(44(3)4)50-24(2)46;;/h5-14,17,19,21-23,34,48H,15-16,20H2,1-4H3;2*1H/t23-,34?,36+,45?;;/m0../s1. The highest BCUT2D eigenvalue weighted by Crippen LogP contribution is 2.42. The summed E-state index contributed by atoms with van der Waals surface area (Å²) in [5, 5.41) is 31.0. The van der Waals surface area contributed by atoms with Crippen LogP contribution in [0.2, 0.25) is 0 Å². The first-order valence-electron chi connectivity index (χ1n) is 15.8. The summed E-state index contributed by atoms with van der Waals surface area (Å²) >= 11 is 1.24. The number of hydrogen-bond acceptors (Lipinski definition) is 11. The summed E-state index contributed by atoms with van der Waals surface area (Å²) in [6.07, 6.45) is 1.12. The van der Waals surface area contributed by atoms with Gasteiger partial charge in [0, 0.05) is 34.9 Å². The van der Waals surface area contributed by atoms with E-state index in [1.165, 1.54) is 30.9 Å². The van der Waals surface area contributed by atoms with Gasteiger partial charge in [0.15, 0.2) is 18.2 Å². The van der Waals surface area contributed by atoms with Gasteiger partial charge in [-0.05, 0) is 50.5 Å². The number of carbonyl (C=O) groups excluding carboxylic acids is 2. The molecule has 1 aliphatic rings. The number of aliphatic hydroxyl groups is 1. The second-order valence-electron chi connectivity index (χ2n) is 12.2. The number of ether oxygens (including phenoxy) is 2. The van der Waals surface area contributed by atoms with Crippen molar-refractivity contribution in [1.29, 1.82) is 5.26 Å². The minimum Gasteiger partial charge on any atom is -1.00 e. The van der Waals surface area contributed by atoms with Crippen LogP contribution >= 0.6 is 23.7 Å². The van der Waals surface area contributed by atoms with Crippen LogP contribution in [0, 0.1) is 23.0 Å². The summed E-state index contributed by atoms with van der Waals surface area (Å²) in [5.74, 6) is -2.95. The van der Waals surface area contributed by atoms with E-state index in [4.69, 9.17) is 19.7 Å². The van der Waals surface area contributed by atoms with Gasteiger partial charge in [-0.1, -0.05) is 42.4 Å². The normalized spacial score (nSPS) is 16.7. The topological polar surface area (TPSA) is 150 Å². The Bertz CT molecular complexity index is 2000. The highest BCUT2D eigenvalue weighted by atomic mass is 35.5. The molecule has 0 saturated heterocycles. The SMILES string of the molecule is CC(=O)OC(c1ccccc1NC(=O)OCC[N+]1(C[C@](O)(c2cc(F)ccc2F)[C@@H](C)c2nc(-c3ccc(C#N)cc3)cs2)C=NC=N1)N(C)C.Cl.[Cl-]. The Labute approximate surface area is 321 Å². The molecular weight excluding hydrogens is 751 g/mol. The first-order chi connectivity index (χ1) is 24.3. The molecule has 4 atom stereocenters. The number of hydrogen-bond donors (Lipinski definition) is 2. The Morgan fingerprint density at radius 1 is 1.13 bits per heavy atom. The summed E-state index contributed by atoms with van der Waals surface area (Å²) in [6, 6.07) is 18.6. The molecule has 5 rings (SSSR count). The van der Waals surface area contributed by atoms with E-state index in [2.05, 4.69) is 21.5 Å². The number of aromatic nitrogens is 1. The van der Waals surface area contributed by atoms with E-state index in [1.807, 2.05) is 0 Å². The monoisotopic (exact) mass is 787 g/mol. The van der Waals surface area contributed by atoms with Gasteiger partial charge in [-0.25, -0.2) is 18.6 Å². The van der Waals surface area contributed by atoms with E-state index >= 15 is 4.39 Å². The van der Waals surface area contributed by atoms with E-state index in [9.17, 15) is 19.1 Å². The second kappa shape index (κ2) is 18.3. The second-order valence-corrected chi connectivity index (χ2v) is 13.1. The van der Waals surface area contributed by atoms with Crippen molar-refractivity contribution in [3.05, 3.63) is 105 Å². The molecule has 0 spiro atoms. The predicted octanol–water partition coefficient (Wildman–Crippen LogP) is 3.55. The van der Waals surface area contributed by atoms with Gasteiger partial charge in [0.05, 0.1) is 28.0 Å². The molecule has 3 aromatic carbocycles. The van der Waals surface area contributed by atoms with Crippen molar-refractivity contribution in [2.75, 3.05) is 39.1 Å². The van der Waals surface area contributed by atoms with E-state index in [1.54, 1.807) is 79.8 Å². The van der Waals surface area contributed by atoms with Crippen molar-refractivity contribution in [3.63, 3.8) is 0 Å². The number of quaternary nitrogens is 1. The molecule has 12 nitrogen and oxygen atoms in total. The summed E-state index contributed by atoms with van der Waals surface area (Å²) in [7, 11) is 3.45. The largest absolute Gasteiger partial charge is 1.00 e. The average molecular weight is 789 g/mol. The Balaban J connectivity index is 0.00000378. The lowest BCUT2D eigenvalue weighted by molar-refractivity contribution is -0.848. The van der Waals surface area contributed by atoms with Gasteiger partial charge in [0.2, 0.25) is 6.34 Å². The fourth-order valence-corrected chi connectivity index (χ4v) is 6.68. The lowest BCUT2D eigenvalue weighted by Gasteiger charge is -2.38. The molecule has 1 aliphatic heterocycles. The lowest BCUT2D eigenvalue weighted by atomic mass is 9.81. The number of anilines is 1. The molecule has 0 aliphatic carbocycles. The minimum atomic E-state index is -2.08. The third-order valence-corrected chi connectivity index (χ3v) is 9.41. The number of halogens is 4. The number of nitrogens with one attached hydrogen (secondary N) is 1. The number of nitrogens with zero attached hydrogens (tertiary/aromatic N) is 6. The third kappa shape index (κ3) is 9.99. The molecule has 17 heteroatoms. The maximum Gasteiger partial charge on any atom is 0.411 e. The van der Waals surface area contributed by atoms with E-state index in [-0.39, 0.29) is 50.1 Å². The van der Waals surface area contributed by atoms with Crippen LogP contribution in [0.5, 0.6) is 0 Å². The van der Waals surface area contributed by atoms with Crippen LogP contribution in [0.3, 0.4) is 0 Å². The van der Waals surface area contributed by atoms with E-state index in [0.717, 1.165) is 23.8 Å². The molecule has 280 valence electrons. The van der Waals surface area contributed by atoms with Crippen LogP contribution in [0.15, 0.2) is 82.2 Å². The van der Waals surface area contributed by atoms with E-state index < -0.39 is 46.0 Å². The molecule has 2 heterocycles. The fraction of sp³-hybridized carbons (Fsp3) is 0.278. The summed E-state index contributed by atoms with van der Waals surface area (Å²) in [5.41, 5.74) is 0.324. The molecule has 0 radical (unpaired) electrons. The average Bonchev–Trinajstić information content (AvgIpc) is 3.79. The summed E-state index contributed by atoms with van der Waals surface area (Å²) in [6.45, 7) is 2.40. The highest BCUT2D eigenvalue weighted by Gasteiger charge is 2.49. The molecule has 1 aromatic heterocycles. The van der Waals surface area contributed by atoms with Gasteiger partial charge in [-0.15, -0.1) is 28.3 Å². The zero-order valence-electron chi connectivity index (χ0n) is 29.1. The Morgan fingerprint density at radius 2 is 1.85 bits per heavy atom. The number of para-hydroxylation sites is 1. The van der Waals surface area contributed by atoms with Gasteiger partial charge in [0.25, 0.3) is 0 Å². The number of nitriles is 1. The molecule has 2 unspecified atom stereocenters. The first-order valence-corrected chi connectivity index (χ1v) is 16.7. The molecule has 0 saturated carbocycles. The van der Waals surface area contributed by atoms with Gasteiger partial charge in [-0.2, -0.15) is 10.3 Å². The van der Waals surface area contributed by atoms with Gasteiger partial charge in [-0.3, -0.25) is 15.0 Å². The van der Waals surface area contributed by atoms with Crippen LogP contribution in [-0.2, 0) is 19.9 Å². The quantitative estimate of drug-likeness (QED) is 0.119. The zero-order valence-corrected chi connectivity index (χ0v) is 31.5. The van der Waals surface area contributed by atoms with Gasteiger partial charge < -0.3 is 27.0 Å². The highest BCUT2D eigenvalue weighted by molar-refractivity contribution is 7.10. The number of rotatable bonds is 13. The molecule has 2 N–H and O–H groups in total. The number of carbonyl (C=O) groups is 2. The van der Waals surface area contributed by atoms with Crippen LogP contribution in [0.25, 0.3) is 11.3 Å². The van der Waals surface area contributed by atoms with Crippen LogP contribution in [-0.4, -0.2) is 78.1 Å². The maximum atomic E-state index is 15.5. The predicted molar refractivity (Wildman–Crippen MR) is 195 cm³/mol. The maximum absolute atomic E-state index is 15.5. The van der Waals surface area contributed by atoms with Crippen molar-refractivity contribution in [1.82, 2.24) is 9.88 Å². The summed E-state index contributed by atoms with van der Waals surface area (Å²) < 4.78 is 40.7. The fourth-order valence-electron chi connectivity index (χ4n) is 5.71. The van der Waals surface area contributed by atoms with Crippen molar-refractivity contribution >= 4 is 54.2 Å². The van der Waals surface area contributed by atoms with E-state index in [0.29, 0.717) is 27.5 Å². The van der Waals surface area contributed by atoms with Gasteiger partial charge in [0.1, 0.15) is 31.3 Å². The number of aliphatic imine (C=N–C) groups is 1. The Morgan fingerprint density at radius 3 is 2.49 bits per heavy atom. The number of thiazole rings is 1. The molecule has 0 bridgehead atoms. The molecule has 4 aromatic rings. The third-order valence-electron chi connectivity index (χ3n) is 8.38. The Kier molecular flexibility index (Phi) is 14.7. The van der Waals surface area contributed by atoms with Crippen LogP contribution in [0.1, 0.15) is 47.7 Å².